The third-order valence-electron chi connectivity index (χ3n) is 4.91. The van der Waals surface area contributed by atoms with E-state index in [2.05, 4.69) is 10.4 Å². The molecule has 0 aliphatic carbocycles. The second kappa shape index (κ2) is 8.56. The molecule has 0 spiro atoms. The van der Waals surface area contributed by atoms with Crippen molar-refractivity contribution in [3.05, 3.63) is 36.2 Å². The Kier molecular flexibility index (Phi) is 6.09. The van der Waals surface area contributed by atoms with E-state index in [0.717, 1.165) is 22.4 Å². The third kappa shape index (κ3) is 4.61. The van der Waals surface area contributed by atoms with E-state index in [-0.39, 0.29) is 30.6 Å². The monoisotopic (exact) mass is 413 g/mol. The van der Waals surface area contributed by atoms with E-state index in [4.69, 9.17) is 4.74 Å². The average Bonchev–Trinajstić information content (AvgIpc) is 3.08. The van der Waals surface area contributed by atoms with E-state index in [1.54, 1.807) is 31.1 Å². The summed E-state index contributed by atoms with van der Waals surface area (Å²) in [6.07, 6.45) is 2.94. The van der Waals surface area contributed by atoms with Gasteiger partial charge in [-0.05, 0) is 50.5 Å². The number of benzene rings is 1. The molecule has 3 rings (SSSR count). The summed E-state index contributed by atoms with van der Waals surface area (Å²) in [5.41, 5.74) is 3.02. The molecule has 1 aliphatic rings. The minimum absolute atomic E-state index is 0.0820. The molecule has 160 valence electrons. The highest BCUT2D eigenvalue weighted by Gasteiger charge is 2.33. The summed E-state index contributed by atoms with van der Waals surface area (Å²) < 4.78 is 6.51. The van der Waals surface area contributed by atoms with Gasteiger partial charge in [-0.3, -0.25) is 9.48 Å². The molecule has 9 nitrogen and oxygen atoms in total. The van der Waals surface area contributed by atoms with Crippen LogP contribution in [0.3, 0.4) is 0 Å². The Morgan fingerprint density at radius 3 is 2.67 bits per heavy atom. The molecular weight excluding hydrogens is 388 g/mol. The number of nitrogens with one attached hydrogen (secondary N) is 1. The van der Waals surface area contributed by atoms with Crippen LogP contribution in [-0.4, -0.2) is 39.9 Å². The minimum Gasteiger partial charge on any atom is -0.548 e. The summed E-state index contributed by atoms with van der Waals surface area (Å²) in [6.45, 7) is 6.66. The van der Waals surface area contributed by atoms with Gasteiger partial charge in [-0.25, -0.2) is 4.79 Å². The fourth-order valence-electron chi connectivity index (χ4n) is 3.78. The van der Waals surface area contributed by atoms with Crippen LogP contribution in [0.2, 0.25) is 0 Å². The molecule has 2 amide bonds. The molecule has 0 unspecified atom stereocenters. The molecule has 0 saturated heterocycles. The predicted molar refractivity (Wildman–Crippen MR) is 107 cm³/mol. The van der Waals surface area contributed by atoms with Crippen molar-refractivity contribution in [2.24, 2.45) is 0 Å². The molecule has 30 heavy (non-hydrogen) atoms. The number of hydrogen-bond acceptors (Lipinski definition) is 6. The maximum absolute atomic E-state index is 12.2. The van der Waals surface area contributed by atoms with Crippen LogP contribution in [0.15, 0.2) is 30.6 Å². The smallest absolute Gasteiger partial charge is 0.407 e. The largest absolute Gasteiger partial charge is 0.548 e. The molecule has 2 atom stereocenters. The van der Waals surface area contributed by atoms with Gasteiger partial charge >= 0.3 is 6.09 Å². The number of rotatable bonds is 5. The maximum Gasteiger partial charge on any atom is 0.407 e. The summed E-state index contributed by atoms with van der Waals surface area (Å²) >= 11 is 0. The molecule has 2 heterocycles. The predicted octanol–water partition coefficient (Wildman–Crippen LogP) is 1.62. The lowest BCUT2D eigenvalue weighted by molar-refractivity contribution is -0.306. The highest BCUT2D eigenvalue weighted by Crippen LogP contribution is 2.39. The number of aliphatic carboxylic acids is 1. The first-order chi connectivity index (χ1) is 14.2. The number of ether oxygens (including phenoxy) is 1. The normalized spacial score (nSPS) is 18.1. The van der Waals surface area contributed by atoms with E-state index < -0.39 is 12.1 Å². The Labute approximate surface area is 174 Å². The number of aromatic nitrogens is 2. The highest BCUT2D eigenvalue weighted by atomic mass is 16.6. The van der Waals surface area contributed by atoms with Crippen LogP contribution in [0.1, 0.15) is 45.7 Å². The van der Waals surface area contributed by atoms with Crippen molar-refractivity contribution in [3.63, 3.8) is 0 Å². The van der Waals surface area contributed by atoms with Crippen LogP contribution in [0, 0.1) is 0 Å². The van der Waals surface area contributed by atoms with E-state index in [0.29, 0.717) is 6.42 Å². The Balaban J connectivity index is 1.98. The van der Waals surface area contributed by atoms with Crippen molar-refractivity contribution in [1.29, 1.82) is 0 Å². The van der Waals surface area contributed by atoms with Crippen molar-refractivity contribution in [1.82, 2.24) is 15.1 Å². The first-order valence-electron chi connectivity index (χ1n) is 9.79. The Hall–Kier alpha value is -3.36. The number of carbonyl (C=O) groups excluding carboxylic acids is 3. The van der Waals surface area contributed by atoms with Gasteiger partial charge < -0.3 is 24.9 Å². The van der Waals surface area contributed by atoms with Gasteiger partial charge in [0.05, 0.1) is 30.9 Å². The van der Waals surface area contributed by atoms with E-state index in [1.807, 2.05) is 25.1 Å². The summed E-state index contributed by atoms with van der Waals surface area (Å²) in [4.78, 5) is 37.0. The van der Waals surface area contributed by atoms with Crippen LogP contribution in [0.25, 0.3) is 11.1 Å². The SMILES string of the molecule is CC(=O)N1c2ccc(-c3cnn(CC(=O)[O-])c3)cc2[C@@H](NC(=O)OC(C)C)C[C@H]1C. The lowest BCUT2D eigenvalue weighted by Crippen LogP contribution is -2.45. The van der Waals surface area contributed by atoms with Crippen LogP contribution < -0.4 is 15.3 Å². The zero-order chi connectivity index (χ0) is 22.0. The van der Waals surface area contributed by atoms with E-state index in [9.17, 15) is 19.5 Å². The second-order valence-electron chi connectivity index (χ2n) is 7.70. The Morgan fingerprint density at radius 2 is 2.03 bits per heavy atom. The summed E-state index contributed by atoms with van der Waals surface area (Å²) in [6, 6.07) is 5.13. The highest BCUT2D eigenvalue weighted by molar-refractivity contribution is 5.94. The van der Waals surface area contributed by atoms with Gasteiger partial charge in [0, 0.05) is 30.4 Å². The van der Waals surface area contributed by atoms with Crippen molar-refractivity contribution >= 4 is 23.7 Å². The third-order valence-corrected chi connectivity index (χ3v) is 4.91. The second-order valence-corrected chi connectivity index (χ2v) is 7.70. The van der Waals surface area contributed by atoms with Crippen molar-refractivity contribution in [2.45, 2.75) is 58.8 Å². The Bertz CT molecular complexity index is 968. The molecule has 9 heteroatoms. The summed E-state index contributed by atoms with van der Waals surface area (Å²) in [5.74, 6) is -1.31. The molecule has 0 fully saturated rings. The quantitative estimate of drug-likeness (QED) is 0.796. The molecule has 0 bridgehead atoms. The fraction of sp³-hybridized carbons (Fsp3) is 0.429. The maximum atomic E-state index is 12.2. The number of carboxylic acids is 1. The zero-order valence-corrected chi connectivity index (χ0v) is 17.4. The van der Waals surface area contributed by atoms with Crippen LogP contribution in [0.5, 0.6) is 0 Å². The topological polar surface area (TPSA) is 117 Å². The van der Waals surface area contributed by atoms with Gasteiger partial charge in [0.25, 0.3) is 0 Å². The number of nitrogens with zero attached hydrogens (tertiary/aromatic N) is 3. The fourth-order valence-corrected chi connectivity index (χ4v) is 3.78. The molecule has 1 aromatic heterocycles. The number of anilines is 1. The van der Waals surface area contributed by atoms with Gasteiger partial charge in [0.1, 0.15) is 0 Å². The van der Waals surface area contributed by atoms with Crippen molar-refractivity contribution in [2.75, 3.05) is 4.90 Å². The van der Waals surface area contributed by atoms with Crippen molar-refractivity contribution in [3.8, 4) is 11.1 Å². The standard InChI is InChI=1S/C21H26N4O5/c1-12(2)30-21(29)23-18-7-13(3)25(14(4)26)19-6-5-15(8-17(18)19)16-9-22-24(10-16)11-20(27)28/h5-6,8-10,12-13,18H,7,11H2,1-4H3,(H,23,29)(H,27,28)/p-1/t13-,18+/m1/s1. The molecule has 0 radical (unpaired) electrons. The zero-order valence-electron chi connectivity index (χ0n) is 17.4. The number of fused-ring (bicyclic) bond motifs is 1. The van der Waals surface area contributed by atoms with E-state index >= 15 is 0 Å². The molecule has 1 N–H and O–H groups in total. The first kappa shape index (κ1) is 21.4. The van der Waals surface area contributed by atoms with Crippen molar-refractivity contribution < 1.29 is 24.2 Å². The Morgan fingerprint density at radius 1 is 1.30 bits per heavy atom. The molecule has 1 aliphatic heterocycles. The lowest BCUT2D eigenvalue weighted by Gasteiger charge is -2.39. The molecule has 2 aromatic rings. The van der Waals surface area contributed by atoms with E-state index in [1.165, 1.54) is 11.6 Å². The molecular formula is C21H25N4O5-. The number of amides is 2. The summed E-state index contributed by atoms with van der Waals surface area (Å²) in [5, 5.41) is 17.7. The average molecular weight is 413 g/mol. The van der Waals surface area contributed by atoms with Crippen LogP contribution in [0.4, 0.5) is 10.5 Å². The number of carbonyl (C=O) groups is 3. The van der Waals surface area contributed by atoms with Gasteiger partial charge in [-0.1, -0.05) is 6.07 Å². The van der Waals surface area contributed by atoms with Gasteiger partial charge in [-0.15, -0.1) is 0 Å². The summed E-state index contributed by atoms with van der Waals surface area (Å²) in [7, 11) is 0. The van der Waals surface area contributed by atoms with Gasteiger partial charge in [-0.2, -0.15) is 5.10 Å². The van der Waals surface area contributed by atoms with Gasteiger partial charge in [0.2, 0.25) is 5.91 Å². The number of hydrogen-bond donors (Lipinski definition) is 1. The number of alkyl carbamates (subject to hydrolysis) is 1. The van der Waals surface area contributed by atoms with Crippen LogP contribution in [-0.2, 0) is 20.9 Å². The van der Waals surface area contributed by atoms with Crippen LogP contribution >= 0.6 is 0 Å². The number of carboxylic acid groups (broad SMARTS) is 1. The first-order valence-corrected chi connectivity index (χ1v) is 9.79. The lowest BCUT2D eigenvalue weighted by atomic mass is 9.89. The minimum atomic E-state index is -1.23. The molecule has 1 aromatic carbocycles. The molecule has 0 saturated carbocycles. The van der Waals surface area contributed by atoms with Gasteiger partial charge in [0.15, 0.2) is 0 Å².